The first-order valence-electron chi connectivity index (χ1n) is 11.6. The molecular formula is C23H31N7O2. The zero-order valence-corrected chi connectivity index (χ0v) is 18.7. The summed E-state index contributed by atoms with van der Waals surface area (Å²) < 4.78 is 13.0. The molecule has 0 aromatic carbocycles. The van der Waals surface area contributed by atoms with Crippen molar-refractivity contribution in [1.82, 2.24) is 24.6 Å². The predicted octanol–water partition coefficient (Wildman–Crippen LogP) is 2.80. The Bertz CT molecular complexity index is 1070. The minimum atomic E-state index is 0.287. The summed E-state index contributed by atoms with van der Waals surface area (Å²) in [6.07, 6.45) is 10.2. The van der Waals surface area contributed by atoms with E-state index in [0.29, 0.717) is 30.4 Å². The first-order chi connectivity index (χ1) is 15.7. The minimum absolute atomic E-state index is 0.287. The number of nitrogens with zero attached hydrogens (tertiary/aromatic N) is 6. The van der Waals surface area contributed by atoms with Crippen LogP contribution in [0.5, 0.6) is 6.01 Å². The Kier molecular flexibility index (Phi) is 6.07. The van der Waals surface area contributed by atoms with E-state index in [0.717, 1.165) is 56.2 Å². The maximum absolute atomic E-state index is 6.15. The summed E-state index contributed by atoms with van der Waals surface area (Å²) in [5.74, 6) is 1.88. The van der Waals surface area contributed by atoms with Gasteiger partial charge < -0.3 is 20.1 Å². The van der Waals surface area contributed by atoms with Crippen LogP contribution in [0.15, 0.2) is 18.5 Å². The Morgan fingerprint density at radius 3 is 2.72 bits per heavy atom. The molecule has 9 nitrogen and oxygen atoms in total. The first-order valence-corrected chi connectivity index (χ1v) is 11.6. The lowest BCUT2D eigenvalue weighted by Gasteiger charge is -2.29. The van der Waals surface area contributed by atoms with Crippen molar-refractivity contribution in [2.24, 2.45) is 5.92 Å². The first kappa shape index (κ1) is 20.9. The standard InChI is InChI=1S/C23H31N7O2/c1-16-11-18(13-25-21(16)29-7-3-2-4-8-29)12-19-14-26-22-20(24)27-23(28-30(19)22)32-15-17-5-9-31-10-6-17/h11,13-14,17H,2-10,12,15H2,1H3,(H2,24,27,28). The summed E-state index contributed by atoms with van der Waals surface area (Å²) in [5, 5.41) is 4.57. The number of hydrogen-bond donors (Lipinski definition) is 1. The van der Waals surface area contributed by atoms with Crippen molar-refractivity contribution in [3.05, 3.63) is 35.3 Å². The average molecular weight is 438 g/mol. The van der Waals surface area contributed by atoms with E-state index >= 15 is 0 Å². The van der Waals surface area contributed by atoms with Gasteiger partial charge in [0.2, 0.25) is 0 Å². The largest absolute Gasteiger partial charge is 0.462 e. The summed E-state index contributed by atoms with van der Waals surface area (Å²) in [6.45, 7) is 6.45. The molecule has 32 heavy (non-hydrogen) atoms. The topological polar surface area (TPSA) is 104 Å². The molecule has 170 valence electrons. The minimum Gasteiger partial charge on any atom is -0.462 e. The summed E-state index contributed by atoms with van der Waals surface area (Å²) >= 11 is 0. The van der Waals surface area contributed by atoms with Gasteiger partial charge in [0.15, 0.2) is 11.5 Å². The number of rotatable bonds is 6. The van der Waals surface area contributed by atoms with E-state index < -0.39 is 0 Å². The number of hydrogen-bond acceptors (Lipinski definition) is 8. The molecule has 0 aliphatic carbocycles. The number of imidazole rings is 1. The van der Waals surface area contributed by atoms with Gasteiger partial charge in [-0.3, -0.25) is 0 Å². The van der Waals surface area contributed by atoms with Crippen molar-refractivity contribution in [3.63, 3.8) is 0 Å². The molecule has 2 saturated heterocycles. The van der Waals surface area contributed by atoms with Crippen LogP contribution in [0.25, 0.3) is 5.65 Å². The molecule has 3 aromatic heterocycles. The van der Waals surface area contributed by atoms with Crippen molar-refractivity contribution < 1.29 is 9.47 Å². The number of ether oxygens (including phenoxy) is 2. The van der Waals surface area contributed by atoms with Crippen LogP contribution in [0.3, 0.4) is 0 Å². The molecule has 0 spiro atoms. The number of nitrogen functional groups attached to an aromatic ring is 1. The van der Waals surface area contributed by atoms with Gasteiger partial charge in [0.25, 0.3) is 0 Å². The normalized spacial score (nSPS) is 17.7. The van der Waals surface area contributed by atoms with Crippen LogP contribution in [-0.4, -0.2) is 57.5 Å². The molecule has 2 N–H and O–H groups in total. The Balaban J connectivity index is 1.33. The van der Waals surface area contributed by atoms with Gasteiger partial charge in [-0.15, -0.1) is 5.10 Å². The van der Waals surface area contributed by atoms with Crippen LogP contribution in [0.2, 0.25) is 0 Å². The fourth-order valence-electron chi connectivity index (χ4n) is 4.58. The van der Waals surface area contributed by atoms with Gasteiger partial charge in [0.1, 0.15) is 5.82 Å². The average Bonchev–Trinajstić information content (AvgIpc) is 3.22. The van der Waals surface area contributed by atoms with Gasteiger partial charge in [0.05, 0.1) is 18.5 Å². The third kappa shape index (κ3) is 4.48. The molecule has 5 heterocycles. The van der Waals surface area contributed by atoms with Crippen molar-refractivity contribution in [2.45, 2.75) is 45.4 Å². The van der Waals surface area contributed by atoms with Crippen molar-refractivity contribution in [3.8, 4) is 6.01 Å². The van der Waals surface area contributed by atoms with Gasteiger partial charge in [-0.25, -0.2) is 14.5 Å². The van der Waals surface area contributed by atoms with Crippen LogP contribution < -0.4 is 15.4 Å². The van der Waals surface area contributed by atoms with Crippen LogP contribution >= 0.6 is 0 Å². The number of pyridine rings is 1. The fraction of sp³-hybridized carbons (Fsp3) is 0.565. The highest BCUT2D eigenvalue weighted by molar-refractivity contribution is 5.60. The summed E-state index contributed by atoms with van der Waals surface area (Å²) in [4.78, 5) is 15.9. The number of nitrogens with two attached hydrogens (primary N) is 1. The maximum Gasteiger partial charge on any atom is 0.336 e. The third-order valence-corrected chi connectivity index (χ3v) is 6.38. The molecule has 5 rings (SSSR count). The monoisotopic (exact) mass is 437 g/mol. The van der Waals surface area contributed by atoms with Gasteiger partial charge in [0, 0.05) is 38.9 Å². The molecule has 2 fully saturated rings. The lowest BCUT2D eigenvalue weighted by Crippen LogP contribution is -2.30. The molecule has 0 radical (unpaired) electrons. The molecule has 2 aliphatic heterocycles. The van der Waals surface area contributed by atoms with Crippen molar-refractivity contribution in [1.29, 1.82) is 0 Å². The van der Waals surface area contributed by atoms with Crippen LogP contribution in [0.4, 0.5) is 11.6 Å². The van der Waals surface area contributed by atoms with E-state index in [9.17, 15) is 0 Å². The Labute approximate surface area is 188 Å². The van der Waals surface area contributed by atoms with Gasteiger partial charge >= 0.3 is 6.01 Å². The second kappa shape index (κ2) is 9.28. The van der Waals surface area contributed by atoms with Crippen LogP contribution in [0, 0.1) is 12.8 Å². The summed E-state index contributed by atoms with van der Waals surface area (Å²) in [5.41, 5.74) is 9.94. The number of aryl methyl sites for hydroxylation is 1. The van der Waals surface area contributed by atoms with Crippen LogP contribution in [0.1, 0.15) is 48.9 Å². The van der Waals surface area contributed by atoms with E-state index in [4.69, 9.17) is 20.2 Å². The maximum atomic E-state index is 6.15. The number of anilines is 2. The summed E-state index contributed by atoms with van der Waals surface area (Å²) in [6, 6.07) is 2.50. The highest BCUT2D eigenvalue weighted by Crippen LogP contribution is 2.24. The highest BCUT2D eigenvalue weighted by Gasteiger charge is 2.18. The third-order valence-electron chi connectivity index (χ3n) is 6.38. The second-order valence-electron chi connectivity index (χ2n) is 8.84. The zero-order chi connectivity index (χ0) is 21.9. The number of piperidine rings is 1. The quantitative estimate of drug-likeness (QED) is 0.628. The molecule has 3 aromatic rings. The highest BCUT2D eigenvalue weighted by atomic mass is 16.5. The van der Waals surface area contributed by atoms with Gasteiger partial charge in [-0.1, -0.05) is 6.07 Å². The van der Waals surface area contributed by atoms with E-state index in [1.54, 1.807) is 10.7 Å². The SMILES string of the molecule is Cc1cc(Cc2cnc3c(N)nc(OCC4CCOCC4)nn23)cnc1N1CCCCC1. The molecule has 0 atom stereocenters. The summed E-state index contributed by atoms with van der Waals surface area (Å²) in [7, 11) is 0. The predicted molar refractivity (Wildman–Crippen MR) is 122 cm³/mol. The van der Waals surface area contributed by atoms with E-state index in [-0.39, 0.29) is 6.01 Å². The molecule has 0 amide bonds. The second-order valence-corrected chi connectivity index (χ2v) is 8.84. The lowest BCUT2D eigenvalue weighted by molar-refractivity contribution is 0.0480. The molecule has 0 saturated carbocycles. The lowest BCUT2D eigenvalue weighted by atomic mass is 10.0. The van der Waals surface area contributed by atoms with Gasteiger partial charge in [-0.2, -0.15) is 4.98 Å². The smallest absolute Gasteiger partial charge is 0.336 e. The fourth-order valence-corrected chi connectivity index (χ4v) is 4.58. The molecule has 9 heteroatoms. The van der Waals surface area contributed by atoms with Gasteiger partial charge in [-0.05, 0) is 56.1 Å². The molecular weight excluding hydrogens is 406 g/mol. The number of aromatic nitrogens is 5. The van der Waals surface area contributed by atoms with Crippen molar-refractivity contribution >= 4 is 17.3 Å². The molecule has 2 aliphatic rings. The van der Waals surface area contributed by atoms with E-state index in [1.807, 2.05) is 6.20 Å². The van der Waals surface area contributed by atoms with E-state index in [2.05, 4.69) is 33.0 Å². The Morgan fingerprint density at radius 2 is 1.94 bits per heavy atom. The van der Waals surface area contributed by atoms with E-state index in [1.165, 1.54) is 24.8 Å². The van der Waals surface area contributed by atoms with Crippen molar-refractivity contribution in [2.75, 3.05) is 43.5 Å². The Morgan fingerprint density at radius 1 is 1.12 bits per heavy atom. The zero-order valence-electron chi connectivity index (χ0n) is 18.7. The van der Waals surface area contributed by atoms with Crippen LogP contribution in [-0.2, 0) is 11.2 Å². The Hall–Kier alpha value is -2.94. The molecule has 0 unspecified atom stereocenters. The number of fused-ring (bicyclic) bond motifs is 1. The molecule has 0 bridgehead atoms.